The van der Waals surface area contributed by atoms with Gasteiger partial charge in [-0.25, -0.2) is 0 Å². The Bertz CT molecular complexity index is 915. The molecule has 0 atom stereocenters. The molecule has 4 aromatic rings. The highest BCUT2D eigenvalue weighted by Crippen LogP contribution is 2.34. The zero-order valence-corrected chi connectivity index (χ0v) is 12.5. The molecule has 3 heteroatoms. The predicted molar refractivity (Wildman–Crippen MR) is 85.6 cm³/mol. The van der Waals surface area contributed by atoms with Crippen LogP contribution in [0.1, 0.15) is 12.7 Å². The fourth-order valence-corrected chi connectivity index (χ4v) is 3.15. The molecule has 0 bridgehead atoms. The normalized spacial score (nSPS) is 11.9. The van der Waals surface area contributed by atoms with Crippen molar-refractivity contribution in [2.75, 3.05) is 0 Å². The van der Waals surface area contributed by atoms with Crippen molar-refractivity contribution in [2.24, 2.45) is 0 Å². The van der Waals surface area contributed by atoms with Crippen molar-refractivity contribution < 1.29 is 8.83 Å². The van der Waals surface area contributed by atoms with Gasteiger partial charge in [0.05, 0.1) is 0 Å². The van der Waals surface area contributed by atoms with E-state index in [0.717, 1.165) is 48.7 Å². The molecule has 0 aliphatic heterocycles. The predicted octanol–water partition coefficient (Wildman–Crippen LogP) is 5.50. The number of aryl methyl sites for hydroxylation is 1. The van der Waals surface area contributed by atoms with Gasteiger partial charge in [0.1, 0.15) is 16.9 Å². The number of fused-ring (bicyclic) bond motifs is 5. The van der Waals surface area contributed by atoms with Crippen LogP contribution in [-0.4, -0.2) is 0 Å². The smallest absolute Gasteiger partial charge is 0.165 e. The minimum absolute atomic E-state index is 0.911. The van der Waals surface area contributed by atoms with Gasteiger partial charge in [-0.15, -0.1) is 0 Å². The summed E-state index contributed by atoms with van der Waals surface area (Å²) in [5.41, 5.74) is 1.90. The minimum Gasteiger partial charge on any atom is -0.460 e. The summed E-state index contributed by atoms with van der Waals surface area (Å²) in [4.78, 5) is 0. The molecule has 0 radical (unpaired) electrons. The van der Waals surface area contributed by atoms with E-state index in [9.17, 15) is 0 Å². The molecule has 0 unspecified atom stereocenters. The summed E-state index contributed by atoms with van der Waals surface area (Å²) >= 11 is 2.20. The van der Waals surface area contributed by atoms with E-state index in [1.165, 1.54) is 0 Å². The number of furan rings is 2. The Labute approximate surface area is 123 Å². The maximum Gasteiger partial charge on any atom is 0.165 e. The van der Waals surface area contributed by atoms with E-state index in [-0.39, 0.29) is 0 Å². The molecule has 94 valence electrons. The number of hydrogen-bond donors (Lipinski definition) is 0. The summed E-state index contributed by atoms with van der Waals surface area (Å²) in [6.07, 6.45) is 0.914. The van der Waals surface area contributed by atoms with Gasteiger partial charge in [-0.1, -0.05) is 19.1 Å². The first-order valence-corrected chi connectivity index (χ1v) is 7.37. The third-order valence-electron chi connectivity index (χ3n) is 3.53. The molecular formula is C16H11IO2. The summed E-state index contributed by atoms with van der Waals surface area (Å²) < 4.78 is 12.7. The standard InChI is InChI=1S/C16H11IO2/c1-2-11-7-9-3-5-13-12(15(9)18-11)6-4-10-8-14(17)19-16(10)13/h3-8H,2H2,1H3. The van der Waals surface area contributed by atoms with Gasteiger partial charge in [-0.3, -0.25) is 0 Å². The van der Waals surface area contributed by atoms with Crippen molar-refractivity contribution in [2.45, 2.75) is 13.3 Å². The fourth-order valence-electron chi connectivity index (χ4n) is 2.60. The second kappa shape index (κ2) is 4.00. The van der Waals surface area contributed by atoms with E-state index in [4.69, 9.17) is 8.83 Å². The molecule has 0 N–H and O–H groups in total. The van der Waals surface area contributed by atoms with E-state index in [0.29, 0.717) is 0 Å². The molecule has 0 fully saturated rings. The van der Waals surface area contributed by atoms with E-state index in [1.54, 1.807) is 0 Å². The molecular weight excluding hydrogens is 351 g/mol. The van der Waals surface area contributed by atoms with Crippen LogP contribution in [-0.2, 0) is 6.42 Å². The van der Waals surface area contributed by atoms with Crippen LogP contribution >= 0.6 is 22.6 Å². The van der Waals surface area contributed by atoms with Crippen molar-refractivity contribution >= 4 is 55.3 Å². The van der Waals surface area contributed by atoms with Gasteiger partial charge >= 0.3 is 0 Å². The Morgan fingerprint density at radius 2 is 1.53 bits per heavy atom. The summed E-state index contributed by atoms with van der Waals surface area (Å²) in [6, 6.07) is 12.6. The van der Waals surface area contributed by atoms with Crippen molar-refractivity contribution in [3.8, 4) is 0 Å². The monoisotopic (exact) mass is 362 g/mol. The topological polar surface area (TPSA) is 26.3 Å². The first-order chi connectivity index (χ1) is 9.26. The van der Waals surface area contributed by atoms with Gasteiger partial charge in [0.15, 0.2) is 3.77 Å². The molecule has 2 heterocycles. The number of benzene rings is 2. The Morgan fingerprint density at radius 1 is 0.895 bits per heavy atom. The van der Waals surface area contributed by atoms with Crippen LogP contribution in [0.3, 0.4) is 0 Å². The fraction of sp³-hybridized carbons (Fsp3) is 0.125. The Morgan fingerprint density at radius 3 is 2.21 bits per heavy atom. The number of halogens is 1. The SMILES string of the molecule is CCc1cc2ccc3c(ccc4cc(I)oc43)c2o1. The third kappa shape index (κ3) is 1.61. The maximum absolute atomic E-state index is 5.94. The van der Waals surface area contributed by atoms with Gasteiger partial charge in [-0.05, 0) is 46.9 Å². The Kier molecular flexibility index (Phi) is 2.39. The van der Waals surface area contributed by atoms with Gasteiger partial charge in [0, 0.05) is 28.0 Å². The third-order valence-corrected chi connectivity index (χ3v) is 4.06. The molecule has 0 aliphatic carbocycles. The zero-order valence-electron chi connectivity index (χ0n) is 10.4. The number of hydrogen-bond acceptors (Lipinski definition) is 2. The summed E-state index contributed by atoms with van der Waals surface area (Å²) in [7, 11) is 0. The molecule has 2 aromatic heterocycles. The summed E-state index contributed by atoms with van der Waals surface area (Å²) in [6.45, 7) is 2.10. The van der Waals surface area contributed by atoms with Crippen LogP contribution in [0.5, 0.6) is 0 Å². The highest BCUT2D eigenvalue weighted by Gasteiger charge is 2.11. The first-order valence-electron chi connectivity index (χ1n) is 6.29. The minimum atomic E-state index is 0.911. The van der Waals surface area contributed by atoms with E-state index in [2.05, 4.69) is 65.9 Å². The molecule has 0 aliphatic rings. The molecule has 0 spiro atoms. The zero-order chi connectivity index (χ0) is 13.0. The van der Waals surface area contributed by atoms with Gasteiger partial charge in [0.2, 0.25) is 0 Å². The molecule has 0 saturated heterocycles. The summed E-state index contributed by atoms with van der Waals surface area (Å²) in [5, 5.41) is 4.53. The van der Waals surface area contributed by atoms with Gasteiger partial charge in [0.25, 0.3) is 0 Å². The molecule has 2 nitrogen and oxygen atoms in total. The van der Waals surface area contributed by atoms with Crippen LogP contribution in [0.15, 0.2) is 45.2 Å². The highest BCUT2D eigenvalue weighted by molar-refractivity contribution is 14.1. The van der Waals surface area contributed by atoms with Gasteiger partial charge in [-0.2, -0.15) is 0 Å². The largest absolute Gasteiger partial charge is 0.460 e. The average Bonchev–Trinajstić information content (AvgIpc) is 2.99. The number of rotatable bonds is 1. The molecule has 2 aromatic carbocycles. The maximum atomic E-state index is 5.94. The molecule has 19 heavy (non-hydrogen) atoms. The van der Waals surface area contributed by atoms with Crippen molar-refractivity contribution in [1.29, 1.82) is 0 Å². The Hall–Kier alpha value is -1.49. The lowest BCUT2D eigenvalue weighted by Crippen LogP contribution is -1.74. The van der Waals surface area contributed by atoms with Crippen LogP contribution < -0.4 is 0 Å². The first kappa shape index (κ1) is 11.3. The van der Waals surface area contributed by atoms with Crippen molar-refractivity contribution in [3.63, 3.8) is 0 Å². The molecule has 4 rings (SSSR count). The van der Waals surface area contributed by atoms with Crippen LogP contribution in [0, 0.1) is 3.77 Å². The molecule has 0 amide bonds. The van der Waals surface area contributed by atoms with Crippen molar-refractivity contribution in [3.05, 3.63) is 45.9 Å². The van der Waals surface area contributed by atoms with Crippen LogP contribution in [0.2, 0.25) is 0 Å². The molecule has 0 saturated carbocycles. The average molecular weight is 362 g/mol. The second-order valence-corrected chi connectivity index (χ2v) is 5.74. The lowest BCUT2D eigenvalue weighted by Gasteiger charge is -1.99. The second-order valence-electron chi connectivity index (χ2n) is 4.68. The van der Waals surface area contributed by atoms with E-state index in [1.807, 2.05) is 0 Å². The lowest BCUT2D eigenvalue weighted by molar-refractivity contribution is 0.559. The van der Waals surface area contributed by atoms with E-state index < -0.39 is 0 Å². The summed E-state index contributed by atoms with van der Waals surface area (Å²) in [5.74, 6) is 1.02. The lowest BCUT2D eigenvalue weighted by atomic mass is 10.1. The Balaban J connectivity index is 2.20. The highest BCUT2D eigenvalue weighted by atomic mass is 127. The quantitative estimate of drug-likeness (QED) is 0.418. The van der Waals surface area contributed by atoms with Crippen LogP contribution in [0.25, 0.3) is 32.7 Å². The van der Waals surface area contributed by atoms with E-state index >= 15 is 0 Å². The van der Waals surface area contributed by atoms with Gasteiger partial charge < -0.3 is 8.83 Å². The van der Waals surface area contributed by atoms with Crippen molar-refractivity contribution in [1.82, 2.24) is 0 Å². The van der Waals surface area contributed by atoms with Crippen LogP contribution in [0.4, 0.5) is 0 Å².